The van der Waals surface area contributed by atoms with E-state index in [2.05, 4.69) is 197 Å². The first-order valence-electron chi connectivity index (χ1n) is 20.7. The van der Waals surface area contributed by atoms with E-state index < -0.39 is 0 Å². The average Bonchev–Trinajstić information content (AvgIpc) is 3.59. The third-order valence-electron chi connectivity index (χ3n) is 12.4. The number of hydrogen-bond acceptors (Lipinski definition) is 2. The second-order valence-electron chi connectivity index (χ2n) is 17.6. The van der Waals surface area contributed by atoms with Gasteiger partial charge < -0.3 is 0 Å². The maximum Gasteiger partial charge on any atom is 0.0882 e. The Morgan fingerprint density at radius 1 is 0.431 bits per heavy atom. The van der Waals surface area contributed by atoms with Gasteiger partial charge in [-0.25, -0.2) is 0 Å². The highest BCUT2D eigenvalue weighted by Gasteiger charge is 2.26. The number of rotatable bonds is 7. The van der Waals surface area contributed by atoms with E-state index >= 15 is 0 Å². The van der Waals surface area contributed by atoms with Gasteiger partial charge in [0.15, 0.2) is 0 Å². The molecule has 2 heteroatoms. The lowest BCUT2D eigenvalue weighted by Gasteiger charge is -2.24. The standard InChI is InChI=1S/C56H55NS/c1-33-18-12-19-34(2)49(33)43-26-16-27-44(50-35(3)20-13-21-36(50)4)47(43)31-41-30-42(56(9,10)11)32-48-54(41)57-58-55(48)53-45(51-37(5)22-14-23-38(51)6)28-17-29-46(53)52-39(7)24-15-25-40(52)8/h12-30,32H,31H2,1-11H3. The fourth-order valence-electron chi connectivity index (χ4n) is 9.47. The van der Waals surface area contributed by atoms with Gasteiger partial charge in [0.05, 0.1) is 10.4 Å². The number of aromatic nitrogens is 1. The Kier molecular flexibility index (Phi) is 10.4. The lowest BCUT2D eigenvalue weighted by atomic mass is 9.80. The molecule has 1 heterocycles. The SMILES string of the molecule is Cc1cccc(C)c1-c1cccc(-c2c(C)cccc2C)c1Cc1cc(C(C)(C)C)cc2c(-c3c(-c4c(C)cccc4C)cccc3-c3c(C)cccc3C)snc12. The van der Waals surface area contributed by atoms with E-state index in [9.17, 15) is 0 Å². The third-order valence-corrected chi connectivity index (χ3v) is 13.2. The summed E-state index contributed by atoms with van der Waals surface area (Å²) in [5.74, 6) is 0. The quantitative estimate of drug-likeness (QED) is 0.157. The maximum absolute atomic E-state index is 5.49. The Bertz CT molecular complexity index is 2660. The minimum atomic E-state index is -0.0781. The summed E-state index contributed by atoms with van der Waals surface area (Å²) in [6.45, 7) is 25.0. The summed E-state index contributed by atoms with van der Waals surface area (Å²) >= 11 is 1.66. The molecule has 1 nitrogen and oxygen atoms in total. The molecule has 0 spiro atoms. The predicted octanol–water partition coefficient (Wildman–Crippen LogP) is 16.0. The van der Waals surface area contributed by atoms with Crippen LogP contribution in [0.4, 0.5) is 0 Å². The number of benzene rings is 7. The van der Waals surface area contributed by atoms with Crippen molar-refractivity contribution in [3.05, 3.63) is 183 Å². The summed E-state index contributed by atoms with van der Waals surface area (Å²) in [6.07, 6.45) is 0.763. The molecule has 0 radical (unpaired) electrons. The number of nitrogens with zero attached hydrogens (tertiary/aromatic N) is 1. The predicted molar refractivity (Wildman–Crippen MR) is 253 cm³/mol. The molecule has 8 rings (SSSR count). The van der Waals surface area contributed by atoms with Gasteiger partial charge in [-0.3, -0.25) is 0 Å². The van der Waals surface area contributed by atoms with Gasteiger partial charge in [-0.05, 0) is 184 Å². The van der Waals surface area contributed by atoms with Crippen LogP contribution < -0.4 is 0 Å². The van der Waals surface area contributed by atoms with Gasteiger partial charge in [0.25, 0.3) is 0 Å². The lowest BCUT2D eigenvalue weighted by Crippen LogP contribution is -2.12. The summed E-state index contributed by atoms with van der Waals surface area (Å²) in [4.78, 5) is 1.23. The molecule has 0 amide bonds. The highest BCUT2D eigenvalue weighted by Crippen LogP contribution is 2.49. The molecule has 0 bridgehead atoms. The normalized spacial score (nSPS) is 11.8. The molecule has 290 valence electrons. The minimum Gasteiger partial charge on any atom is -0.192 e. The largest absolute Gasteiger partial charge is 0.192 e. The first-order valence-corrected chi connectivity index (χ1v) is 21.5. The van der Waals surface area contributed by atoms with Crippen molar-refractivity contribution >= 4 is 22.4 Å². The van der Waals surface area contributed by atoms with Crippen molar-refractivity contribution in [2.45, 2.75) is 88.0 Å². The summed E-state index contributed by atoms with van der Waals surface area (Å²) in [5.41, 5.74) is 27.0. The number of aryl methyl sites for hydroxylation is 8. The molecule has 58 heavy (non-hydrogen) atoms. The Morgan fingerprint density at radius 2 is 0.776 bits per heavy atom. The molecule has 0 aliphatic heterocycles. The first-order chi connectivity index (χ1) is 27.7. The van der Waals surface area contributed by atoms with Crippen LogP contribution in [0.2, 0.25) is 0 Å². The van der Waals surface area contributed by atoms with Crippen molar-refractivity contribution in [2.24, 2.45) is 0 Å². The van der Waals surface area contributed by atoms with Crippen LogP contribution in [0.25, 0.3) is 65.9 Å². The summed E-state index contributed by atoms with van der Waals surface area (Å²) < 4.78 is 5.49. The van der Waals surface area contributed by atoms with E-state index in [1.807, 2.05) is 0 Å². The van der Waals surface area contributed by atoms with Gasteiger partial charge in [0, 0.05) is 17.4 Å². The summed E-state index contributed by atoms with van der Waals surface area (Å²) in [7, 11) is 0. The highest BCUT2D eigenvalue weighted by molar-refractivity contribution is 7.11. The topological polar surface area (TPSA) is 12.9 Å². The van der Waals surface area contributed by atoms with Gasteiger partial charge in [0.2, 0.25) is 0 Å². The molecule has 1 aromatic heterocycles. The summed E-state index contributed by atoms with van der Waals surface area (Å²) in [6, 6.07) is 45.5. The van der Waals surface area contributed by atoms with Crippen molar-refractivity contribution in [3.63, 3.8) is 0 Å². The second-order valence-corrected chi connectivity index (χ2v) is 18.4. The van der Waals surface area contributed by atoms with E-state index in [0.717, 1.165) is 11.9 Å². The van der Waals surface area contributed by atoms with Crippen molar-refractivity contribution in [1.29, 1.82) is 0 Å². The van der Waals surface area contributed by atoms with Crippen molar-refractivity contribution in [3.8, 4) is 54.9 Å². The van der Waals surface area contributed by atoms with Gasteiger partial charge in [-0.1, -0.05) is 136 Å². The van der Waals surface area contributed by atoms with E-state index in [4.69, 9.17) is 4.37 Å². The van der Waals surface area contributed by atoms with E-state index in [0.29, 0.717) is 0 Å². The monoisotopic (exact) mass is 773 g/mol. The molecule has 0 aliphatic rings. The molecule has 0 atom stereocenters. The van der Waals surface area contributed by atoms with Gasteiger partial charge >= 0.3 is 0 Å². The molecule has 8 aromatic rings. The molecule has 0 N–H and O–H groups in total. The molecule has 7 aromatic carbocycles. The number of hydrogen-bond donors (Lipinski definition) is 0. The van der Waals surface area contributed by atoms with Crippen LogP contribution in [0, 0.1) is 55.4 Å². The molecule has 0 saturated carbocycles. The molecule has 0 unspecified atom stereocenters. The van der Waals surface area contributed by atoms with Crippen LogP contribution in [0.3, 0.4) is 0 Å². The Labute approximate surface area is 350 Å². The lowest BCUT2D eigenvalue weighted by molar-refractivity contribution is 0.590. The maximum atomic E-state index is 5.49. The smallest absolute Gasteiger partial charge is 0.0882 e. The van der Waals surface area contributed by atoms with Crippen LogP contribution >= 0.6 is 11.5 Å². The molecular formula is C56H55NS. The zero-order chi connectivity index (χ0) is 41.0. The summed E-state index contributed by atoms with van der Waals surface area (Å²) in [5, 5.41) is 1.23. The van der Waals surface area contributed by atoms with E-state index in [1.54, 1.807) is 11.5 Å². The van der Waals surface area contributed by atoms with Crippen molar-refractivity contribution in [1.82, 2.24) is 4.37 Å². The third kappa shape index (κ3) is 6.92. The fourth-order valence-corrected chi connectivity index (χ4v) is 10.4. The van der Waals surface area contributed by atoms with Gasteiger partial charge in [0.1, 0.15) is 0 Å². The first kappa shape index (κ1) is 39.3. The Balaban J connectivity index is 1.46. The van der Waals surface area contributed by atoms with Gasteiger partial charge in [-0.2, -0.15) is 4.37 Å². The van der Waals surface area contributed by atoms with Crippen molar-refractivity contribution in [2.75, 3.05) is 0 Å². The zero-order valence-corrected chi connectivity index (χ0v) is 36.9. The molecule has 0 aliphatic carbocycles. The Morgan fingerprint density at radius 3 is 1.16 bits per heavy atom. The van der Waals surface area contributed by atoms with Crippen LogP contribution in [-0.2, 0) is 11.8 Å². The zero-order valence-electron chi connectivity index (χ0n) is 36.1. The van der Waals surface area contributed by atoms with Gasteiger partial charge in [-0.15, -0.1) is 0 Å². The average molecular weight is 774 g/mol. The minimum absolute atomic E-state index is 0.0781. The van der Waals surface area contributed by atoms with Crippen LogP contribution in [-0.4, -0.2) is 4.37 Å². The second kappa shape index (κ2) is 15.3. The molecule has 0 fully saturated rings. The van der Waals surface area contributed by atoms with E-state index in [-0.39, 0.29) is 5.41 Å². The fraction of sp³-hybridized carbons (Fsp3) is 0.232. The molecule has 0 saturated heterocycles. The van der Waals surface area contributed by atoms with Crippen LogP contribution in [0.15, 0.2) is 121 Å². The van der Waals surface area contributed by atoms with Crippen LogP contribution in [0.1, 0.15) is 82.0 Å². The van der Waals surface area contributed by atoms with Crippen LogP contribution in [0.5, 0.6) is 0 Å². The van der Waals surface area contributed by atoms with E-state index in [1.165, 1.54) is 122 Å². The highest BCUT2D eigenvalue weighted by atomic mass is 32.1. The molecular weight excluding hydrogens is 719 g/mol. The van der Waals surface area contributed by atoms with Crippen molar-refractivity contribution < 1.29 is 0 Å². The Hall–Kier alpha value is -5.57. The number of fused-ring (bicyclic) bond motifs is 1.